The number of hydrogen-bond acceptors (Lipinski definition) is 7. The lowest BCUT2D eigenvalue weighted by atomic mass is 10.0. The summed E-state index contributed by atoms with van der Waals surface area (Å²) >= 11 is 1.38. The molecule has 1 amide bonds. The maximum Gasteiger partial charge on any atom is 0.293 e. The predicted octanol–water partition coefficient (Wildman–Crippen LogP) is 2.94. The molecule has 1 aromatic heterocycles. The van der Waals surface area contributed by atoms with Crippen molar-refractivity contribution < 1.29 is 24.1 Å². The fourth-order valence-corrected chi connectivity index (χ4v) is 4.44. The number of nitrogens with zero attached hydrogens (tertiary/aromatic N) is 4. The number of fused-ring (bicyclic) bond motifs is 3. The van der Waals surface area contributed by atoms with E-state index in [0.29, 0.717) is 46.0 Å². The van der Waals surface area contributed by atoms with Crippen LogP contribution in [0.2, 0.25) is 0 Å². The number of para-hydroxylation sites is 1. The number of thioether (sulfide) groups is 1. The van der Waals surface area contributed by atoms with Crippen molar-refractivity contribution in [2.45, 2.75) is 32.1 Å². The summed E-state index contributed by atoms with van der Waals surface area (Å²) in [7, 11) is 1.57. The van der Waals surface area contributed by atoms with E-state index in [1.54, 1.807) is 22.8 Å². The van der Waals surface area contributed by atoms with Crippen LogP contribution in [-0.2, 0) is 4.79 Å². The maximum atomic E-state index is 13.1. The molecule has 1 atom stereocenters. The third-order valence-corrected chi connectivity index (χ3v) is 5.84. The molecule has 1 aliphatic heterocycles. The van der Waals surface area contributed by atoms with E-state index in [-0.39, 0.29) is 11.8 Å². The highest BCUT2D eigenvalue weighted by Crippen LogP contribution is 2.42. The van der Waals surface area contributed by atoms with Crippen molar-refractivity contribution in [2.24, 2.45) is 0 Å². The van der Waals surface area contributed by atoms with Crippen molar-refractivity contribution in [1.29, 1.82) is 0 Å². The molecule has 0 bridgehead atoms. The summed E-state index contributed by atoms with van der Waals surface area (Å²) in [4.78, 5) is 18.7. The molecule has 32 heavy (non-hydrogen) atoms. The molecule has 0 N–H and O–H groups in total. The Labute approximate surface area is 190 Å². The molecule has 0 spiro atoms. The van der Waals surface area contributed by atoms with Crippen LogP contribution >= 0.6 is 11.8 Å². The highest BCUT2D eigenvalue weighted by atomic mass is 32.2. The first kappa shape index (κ1) is 21.9. The lowest BCUT2D eigenvalue weighted by Crippen LogP contribution is -2.58. The minimum atomic E-state index is -0.686. The number of carbonyl (C=O) groups excluding carboxylic acids is 1. The van der Waals surface area contributed by atoms with Gasteiger partial charge in [-0.3, -0.25) is 4.79 Å². The van der Waals surface area contributed by atoms with Gasteiger partial charge in [-0.25, -0.2) is 9.88 Å². The molecule has 0 saturated carbocycles. The van der Waals surface area contributed by atoms with Crippen LogP contribution in [0, 0.1) is 0 Å². The Morgan fingerprint density at radius 3 is 2.69 bits per heavy atom. The van der Waals surface area contributed by atoms with Crippen molar-refractivity contribution in [3.63, 3.8) is 0 Å². The van der Waals surface area contributed by atoms with Crippen LogP contribution in [0.4, 0.5) is 5.69 Å². The Morgan fingerprint density at radius 1 is 1.22 bits per heavy atom. The highest BCUT2D eigenvalue weighted by Gasteiger charge is 2.44. The minimum Gasteiger partial charge on any atom is -0.854 e. The fraction of sp³-hybridized carbons (Fsp3) is 0.304. The molecule has 8 nitrogen and oxygen atoms in total. The summed E-state index contributed by atoms with van der Waals surface area (Å²) < 4.78 is 12.8. The molecule has 0 aliphatic carbocycles. The summed E-state index contributed by atoms with van der Waals surface area (Å²) in [6.45, 7) is 5.86. The number of hydrogen-bond donors (Lipinski definition) is 0. The third-order valence-electron chi connectivity index (χ3n) is 5.12. The van der Waals surface area contributed by atoms with Crippen molar-refractivity contribution in [3.05, 3.63) is 48.0 Å². The summed E-state index contributed by atoms with van der Waals surface area (Å²) in [6.07, 6.45) is -0.686. The van der Waals surface area contributed by atoms with E-state index in [9.17, 15) is 9.90 Å². The lowest BCUT2D eigenvalue weighted by Gasteiger charge is -2.33. The van der Waals surface area contributed by atoms with Crippen LogP contribution in [0.25, 0.3) is 11.3 Å². The normalized spacial score (nSPS) is 14.5. The van der Waals surface area contributed by atoms with E-state index in [0.717, 1.165) is 5.56 Å². The van der Waals surface area contributed by atoms with Gasteiger partial charge in [-0.1, -0.05) is 35.5 Å². The lowest BCUT2D eigenvalue weighted by molar-refractivity contribution is -0.764. The first-order valence-corrected chi connectivity index (χ1v) is 11.3. The standard InChI is InChI=1S/C23H24N4O4S/c1-5-31-18-12-11-15(13-19(18)30-4)22-26(14(3)28)17-10-8-7-9-16(17)20-21(29)24-23(32-6-2)25-27(20)22/h7-13,22H,5-6H2,1-4H3. The van der Waals surface area contributed by atoms with Gasteiger partial charge in [-0.05, 0) is 43.0 Å². The summed E-state index contributed by atoms with van der Waals surface area (Å²) in [6, 6.07) is 12.8. The largest absolute Gasteiger partial charge is 0.854 e. The average Bonchev–Trinajstić information content (AvgIpc) is 2.78. The Hall–Kier alpha value is -3.33. The van der Waals surface area contributed by atoms with Crippen LogP contribution in [0.5, 0.6) is 17.4 Å². The number of aromatic nitrogens is 3. The molecular weight excluding hydrogens is 428 g/mol. The Kier molecular flexibility index (Phi) is 6.18. The molecule has 1 aliphatic rings. The number of ether oxygens (including phenoxy) is 2. The topological polar surface area (TPSA) is 91.5 Å². The second-order valence-electron chi connectivity index (χ2n) is 7.05. The monoisotopic (exact) mass is 452 g/mol. The highest BCUT2D eigenvalue weighted by molar-refractivity contribution is 7.99. The quantitative estimate of drug-likeness (QED) is 0.419. The Bertz CT molecular complexity index is 1170. The summed E-state index contributed by atoms with van der Waals surface area (Å²) in [5.41, 5.74) is 2.33. The van der Waals surface area contributed by atoms with E-state index >= 15 is 0 Å². The number of methoxy groups -OCH3 is 1. The zero-order valence-corrected chi connectivity index (χ0v) is 19.2. The van der Waals surface area contributed by atoms with Gasteiger partial charge < -0.3 is 14.6 Å². The second-order valence-corrected chi connectivity index (χ2v) is 8.28. The van der Waals surface area contributed by atoms with Crippen molar-refractivity contribution in [2.75, 3.05) is 24.4 Å². The molecule has 1 unspecified atom stereocenters. The second kappa shape index (κ2) is 9.04. The number of carbonyl (C=O) groups is 1. The zero-order chi connectivity index (χ0) is 22.8. The molecule has 2 aromatic carbocycles. The van der Waals surface area contributed by atoms with Crippen LogP contribution in [-0.4, -0.2) is 35.5 Å². The molecule has 166 valence electrons. The van der Waals surface area contributed by atoms with Crippen molar-refractivity contribution >= 4 is 23.4 Å². The van der Waals surface area contributed by atoms with Crippen LogP contribution in [0.1, 0.15) is 32.5 Å². The van der Waals surface area contributed by atoms with E-state index in [2.05, 4.69) is 10.1 Å². The van der Waals surface area contributed by atoms with Crippen LogP contribution in [0.15, 0.2) is 47.6 Å². The Balaban J connectivity index is 2.00. The van der Waals surface area contributed by atoms with E-state index in [4.69, 9.17) is 9.47 Å². The van der Waals surface area contributed by atoms with Gasteiger partial charge in [0.05, 0.1) is 30.8 Å². The van der Waals surface area contributed by atoms with Crippen molar-refractivity contribution in [3.8, 4) is 28.6 Å². The molecule has 0 saturated heterocycles. The SMILES string of the molecule is CCOc1ccc(C2N(C(C)=O)c3ccccc3-c3c([O-])nc(SCC)n[n+]32)cc1OC. The van der Waals surface area contributed by atoms with Gasteiger partial charge in [-0.15, -0.1) is 0 Å². The fourth-order valence-electron chi connectivity index (χ4n) is 3.88. The number of benzene rings is 2. The van der Waals surface area contributed by atoms with E-state index in [1.165, 1.54) is 18.7 Å². The predicted molar refractivity (Wildman–Crippen MR) is 119 cm³/mol. The number of anilines is 1. The molecule has 0 radical (unpaired) electrons. The van der Waals surface area contributed by atoms with Gasteiger partial charge in [0.25, 0.3) is 17.0 Å². The van der Waals surface area contributed by atoms with Crippen LogP contribution in [0.3, 0.4) is 0 Å². The molecule has 3 aromatic rings. The van der Waals surface area contributed by atoms with Crippen LogP contribution < -0.4 is 24.2 Å². The number of amides is 1. The smallest absolute Gasteiger partial charge is 0.293 e. The zero-order valence-electron chi connectivity index (χ0n) is 18.4. The first-order valence-electron chi connectivity index (χ1n) is 10.3. The molecule has 9 heteroatoms. The van der Waals surface area contributed by atoms with Gasteiger partial charge in [0.15, 0.2) is 11.5 Å². The van der Waals surface area contributed by atoms with Crippen molar-refractivity contribution in [1.82, 2.24) is 10.1 Å². The van der Waals surface area contributed by atoms with Gasteiger partial charge in [0.2, 0.25) is 5.91 Å². The maximum absolute atomic E-state index is 13.1. The Morgan fingerprint density at radius 2 is 2.00 bits per heavy atom. The minimum absolute atomic E-state index is 0.177. The van der Waals surface area contributed by atoms with Gasteiger partial charge >= 0.3 is 0 Å². The van der Waals surface area contributed by atoms with Gasteiger partial charge in [0.1, 0.15) is 0 Å². The van der Waals surface area contributed by atoms with Gasteiger partial charge in [-0.2, -0.15) is 0 Å². The molecular formula is C23H24N4O4S. The van der Waals surface area contributed by atoms with E-state index in [1.807, 2.05) is 50.2 Å². The average molecular weight is 453 g/mol. The molecule has 4 rings (SSSR count). The molecule has 2 heterocycles. The summed E-state index contributed by atoms with van der Waals surface area (Å²) in [5, 5.41) is 18.1. The number of rotatable bonds is 6. The van der Waals surface area contributed by atoms with E-state index < -0.39 is 6.17 Å². The van der Waals surface area contributed by atoms with Gasteiger partial charge in [0, 0.05) is 17.6 Å². The first-order chi connectivity index (χ1) is 15.5. The third kappa shape index (κ3) is 3.73. The summed E-state index contributed by atoms with van der Waals surface area (Å²) in [5.74, 6) is 1.30. The molecule has 0 fully saturated rings.